The number of nitrogens with one attached hydrogen (secondary N) is 1. The zero-order valence-electron chi connectivity index (χ0n) is 9.27. The summed E-state index contributed by atoms with van der Waals surface area (Å²) in [5.41, 5.74) is 0.772. The van der Waals surface area contributed by atoms with Gasteiger partial charge in [-0.05, 0) is 26.3 Å². The van der Waals surface area contributed by atoms with Crippen molar-refractivity contribution in [3.05, 3.63) is 16.5 Å². The summed E-state index contributed by atoms with van der Waals surface area (Å²) >= 11 is 0.965. The Morgan fingerprint density at radius 3 is 2.44 bits per heavy atom. The zero-order chi connectivity index (χ0) is 12.5. The minimum Gasteiger partial charge on any atom is -0.350 e. The molecule has 0 aliphatic rings. The first-order chi connectivity index (χ1) is 7.23. The Morgan fingerprint density at radius 1 is 1.50 bits per heavy atom. The number of rotatable bonds is 3. The number of carbonyl (C=O) groups excluding carboxylic acids is 1. The van der Waals surface area contributed by atoms with Gasteiger partial charge in [-0.1, -0.05) is 0 Å². The lowest BCUT2D eigenvalue weighted by molar-refractivity contribution is 0.0943. The molecule has 3 N–H and O–H groups in total. The molecule has 1 heterocycles. The molecule has 0 atom stereocenters. The van der Waals surface area contributed by atoms with Crippen LogP contribution in [0.4, 0.5) is 0 Å². The fraction of sp³-hybridized carbons (Fsp3) is 0.444. The molecule has 1 aromatic heterocycles. The predicted octanol–water partition coefficient (Wildman–Crippen LogP) is 0.842. The Bertz CT molecular complexity index is 503. The molecule has 7 heteroatoms. The summed E-state index contributed by atoms with van der Waals surface area (Å²) in [5.74, 6) is -0.279. The van der Waals surface area contributed by atoms with Gasteiger partial charge in [-0.3, -0.25) is 4.79 Å². The molecule has 0 fully saturated rings. The van der Waals surface area contributed by atoms with E-state index in [2.05, 4.69) is 5.32 Å². The smallest absolute Gasteiger partial charge is 0.252 e. The Hall–Kier alpha value is -0.920. The number of nitrogens with two attached hydrogens (primary N) is 1. The molecule has 0 bridgehead atoms. The highest BCUT2D eigenvalue weighted by Crippen LogP contribution is 2.25. The molecule has 5 nitrogen and oxygen atoms in total. The lowest BCUT2D eigenvalue weighted by Crippen LogP contribution is -2.30. The van der Waals surface area contributed by atoms with Gasteiger partial charge in [-0.25, -0.2) is 13.6 Å². The van der Waals surface area contributed by atoms with Crippen LogP contribution in [0.1, 0.15) is 29.8 Å². The van der Waals surface area contributed by atoms with E-state index in [1.165, 1.54) is 5.38 Å². The molecule has 0 saturated carbocycles. The highest BCUT2D eigenvalue weighted by Gasteiger charge is 2.20. The minimum atomic E-state index is -3.74. The Labute approximate surface area is 98.7 Å². The second-order valence-electron chi connectivity index (χ2n) is 3.74. The van der Waals surface area contributed by atoms with Crippen molar-refractivity contribution >= 4 is 27.3 Å². The van der Waals surface area contributed by atoms with Crippen molar-refractivity contribution in [1.29, 1.82) is 0 Å². The highest BCUT2D eigenvalue weighted by molar-refractivity contribution is 7.91. The molecule has 90 valence electrons. The number of thiophene rings is 1. The Kier molecular flexibility index (Phi) is 3.72. The van der Waals surface area contributed by atoms with E-state index < -0.39 is 10.0 Å². The van der Waals surface area contributed by atoms with Crippen molar-refractivity contribution in [3.8, 4) is 0 Å². The highest BCUT2D eigenvalue weighted by atomic mass is 32.2. The first kappa shape index (κ1) is 13.1. The van der Waals surface area contributed by atoms with E-state index in [1.54, 1.807) is 6.92 Å². The molecule has 16 heavy (non-hydrogen) atoms. The van der Waals surface area contributed by atoms with Gasteiger partial charge in [0.1, 0.15) is 4.21 Å². The quantitative estimate of drug-likeness (QED) is 0.846. The molecule has 1 amide bonds. The number of hydrogen-bond acceptors (Lipinski definition) is 4. The zero-order valence-corrected chi connectivity index (χ0v) is 10.9. The van der Waals surface area contributed by atoms with Gasteiger partial charge in [0.25, 0.3) is 5.91 Å². The van der Waals surface area contributed by atoms with Gasteiger partial charge in [0.15, 0.2) is 0 Å². The maximum atomic E-state index is 11.7. The average Bonchev–Trinajstić information content (AvgIpc) is 2.44. The van der Waals surface area contributed by atoms with E-state index in [9.17, 15) is 13.2 Å². The van der Waals surface area contributed by atoms with Gasteiger partial charge < -0.3 is 5.32 Å². The number of hydrogen-bond donors (Lipinski definition) is 2. The minimum absolute atomic E-state index is 0.00438. The van der Waals surface area contributed by atoms with Crippen LogP contribution in [0, 0.1) is 6.92 Å². The van der Waals surface area contributed by atoms with Crippen LogP contribution in [0.3, 0.4) is 0 Å². The summed E-state index contributed by atoms with van der Waals surface area (Å²) in [7, 11) is -3.74. The molecule has 0 aromatic carbocycles. The van der Waals surface area contributed by atoms with Crippen LogP contribution >= 0.6 is 11.3 Å². The van der Waals surface area contributed by atoms with Gasteiger partial charge in [-0.2, -0.15) is 0 Å². The average molecular weight is 262 g/mol. The van der Waals surface area contributed by atoms with Crippen LogP contribution in [0.15, 0.2) is 9.59 Å². The van der Waals surface area contributed by atoms with E-state index in [0.717, 1.165) is 11.3 Å². The number of sulfonamides is 1. The lowest BCUT2D eigenvalue weighted by atomic mass is 10.2. The Balaban J connectivity index is 3.11. The van der Waals surface area contributed by atoms with Gasteiger partial charge in [0.2, 0.25) is 10.0 Å². The third-order valence-electron chi connectivity index (χ3n) is 1.92. The van der Waals surface area contributed by atoms with Crippen LogP contribution in [0.2, 0.25) is 0 Å². The standard InChI is InChI=1S/C9H14N2O3S2/c1-5(2)11-8(12)7-4-15-9(6(7)3)16(10,13)14/h4-5H,1-3H3,(H,11,12)(H2,10,13,14). The van der Waals surface area contributed by atoms with Crippen LogP contribution in [-0.2, 0) is 10.0 Å². The van der Waals surface area contributed by atoms with Gasteiger partial charge in [-0.15, -0.1) is 11.3 Å². The SMILES string of the molecule is Cc1c(C(=O)NC(C)C)csc1S(N)(=O)=O. The summed E-state index contributed by atoms with van der Waals surface area (Å²) in [6.45, 7) is 5.24. The molecule has 0 unspecified atom stereocenters. The summed E-state index contributed by atoms with van der Waals surface area (Å²) in [6, 6.07) is 0.00438. The third kappa shape index (κ3) is 2.81. The van der Waals surface area contributed by atoms with E-state index in [1.807, 2.05) is 13.8 Å². The summed E-state index contributed by atoms with van der Waals surface area (Å²) in [5, 5.41) is 9.23. The lowest BCUT2D eigenvalue weighted by Gasteiger charge is -2.07. The molecule has 0 radical (unpaired) electrons. The van der Waals surface area contributed by atoms with Crippen molar-refractivity contribution in [2.24, 2.45) is 5.14 Å². The van der Waals surface area contributed by atoms with E-state index >= 15 is 0 Å². The van der Waals surface area contributed by atoms with E-state index in [-0.39, 0.29) is 16.2 Å². The number of primary sulfonamides is 1. The van der Waals surface area contributed by atoms with Gasteiger partial charge >= 0.3 is 0 Å². The number of amides is 1. The first-order valence-electron chi connectivity index (χ1n) is 4.65. The van der Waals surface area contributed by atoms with Crippen molar-refractivity contribution in [2.75, 3.05) is 0 Å². The molecule has 0 saturated heterocycles. The van der Waals surface area contributed by atoms with Crippen LogP contribution in [-0.4, -0.2) is 20.4 Å². The van der Waals surface area contributed by atoms with Crippen LogP contribution < -0.4 is 10.5 Å². The molecule has 0 aliphatic carbocycles. The van der Waals surface area contributed by atoms with Crippen LogP contribution in [0.25, 0.3) is 0 Å². The second-order valence-corrected chi connectivity index (χ2v) is 6.37. The maximum Gasteiger partial charge on any atom is 0.252 e. The topological polar surface area (TPSA) is 89.3 Å². The molecular weight excluding hydrogens is 248 g/mol. The summed E-state index contributed by atoms with van der Waals surface area (Å²) in [4.78, 5) is 11.7. The first-order valence-corrected chi connectivity index (χ1v) is 7.08. The van der Waals surface area contributed by atoms with Gasteiger partial charge in [0.05, 0.1) is 5.56 Å². The summed E-state index contributed by atoms with van der Waals surface area (Å²) < 4.78 is 22.4. The van der Waals surface area contributed by atoms with Crippen molar-refractivity contribution < 1.29 is 13.2 Å². The van der Waals surface area contributed by atoms with E-state index in [0.29, 0.717) is 11.1 Å². The normalized spacial score (nSPS) is 11.8. The van der Waals surface area contributed by atoms with Crippen molar-refractivity contribution in [2.45, 2.75) is 31.0 Å². The second kappa shape index (κ2) is 4.52. The van der Waals surface area contributed by atoms with E-state index in [4.69, 9.17) is 5.14 Å². The molecular formula is C9H14N2O3S2. The molecule has 0 spiro atoms. The van der Waals surface area contributed by atoms with Gasteiger partial charge in [0, 0.05) is 11.4 Å². The van der Waals surface area contributed by atoms with Crippen LogP contribution in [0.5, 0.6) is 0 Å². The number of carbonyl (C=O) groups is 1. The summed E-state index contributed by atoms with van der Waals surface area (Å²) in [6.07, 6.45) is 0. The maximum absolute atomic E-state index is 11.7. The monoisotopic (exact) mass is 262 g/mol. The fourth-order valence-electron chi connectivity index (χ4n) is 1.24. The molecule has 0 aliphatic heterocycles. The molecule has 1 rings (SSSR count). The Morgan fingerprint density at radius 2 is 2.06 bits per heavy atom. The fourth-order valence-corrected chi connectivity index (χ4v) is 3.26. The largest absolute Gasteiger partial charge is 0.350 e. The third-order valence-corrected chi connectivity index (χ3v) is 4.60. The molecule has 1 aromatic rings. The predicted molar refractivity (Wildman–Crippen MR) is 63.0 cm³/mol. The van der Waals surface area contributed by atoms with Crippen molar-refractivity contribution in [1.82, 2.24) is 5.32 Å². The van der Waals surface area contributed by atoms with Crippen molar-refractivity contribution in [3.63, 3.8) is 0 Å².